The fourth-order valence-electron chi connectivity index (χ4n) is 1.51. The molecule has 0 saturated carbocycles. The normalized spacial score (nSPS) is 28.8. The molecule has 0 bridgehead atoms. The molecule has 0 aromatic heterocycles. The van der Waals surface area contributed by atoms with Gasteiger partial charge < -0.3 is 14.6 Å². The third kappa shape index (κ3) is 2.55. The van der Waals surface area contributed by atoms with Gasteiger partial charge in [0.2, 0.25) is 0 Å². The molecule has 1 heterocycles. The van der Waals surface area contributed by atoms with Crippen molar-refractivity contribution >= 4 is 13.1 Å². The minimum atomic E-state index is -2.07. The first kappa shape index (κ1) is 10.7. The van der Waals surface area contributed by atoms with E-state index in [4.69, 9.17) is 0 Å². The van der Waals surface area contributed by atoms with E-state index in [1.54, 1.807) is 13.3 Å². The van der Waals surface area contributed by atoms with E-state index in [1.165, 1.54) is 7.11 Å². The highest BCUT2D eigenvalue weighted by atomic mass is 31.2. The summed E-state index contributed by atoms with van der Waals surface area (Å²) < 4.78 is 16.3. The van der Waals surface area contributed by atoms with Crippen LogP contribution < -0.4 is 5.32 Å². The van der Waals surface area contributed by atoms with Gasteiger partial charge in [-0.05, 0) is 19.8 Å². The van der Waals surface area contributed by atoms with Gasteiger partial charge >= 0.3 is 5.97 Å². The topological polar surface area (TPSA) is 55.4 Å². The van der Waals surface area contributed by atoms with Crippen molar-refractivity contribution < 1.29 is 14.1 Å². The molecule has 4 nitrogen and oxygen atoms in total. The van der Waals surface area contributed by atoms with Crippen LogP contribution >= 0.6 is 7.14 Å². The number of methoxy groups -OCH3 is 1. The second-order valence-corrected chi connectivity index (χ2v) is 7.41. The van der Waals surface area contributed by atoms with Gasteiger partial charge in [0.25, 0.3) is 0 Å². The second kappa shape index (κ2) is 3.81. The maximum absolute atomic E-state index is 11.7. The fraction of sp³-hybridized carbons (Fsp3) is 0.875. The summed E-state index contributed by atoms with van der Waals surface area (Å²) in [5.74, 6) is -0.254. The van der Waals surface area contributed by atoms with E-state index in [-0.39, 0.29) is 17.7 Å². The largest absolute Gasteiger partial charge is 0.468 e. The molecule has 0 spiro atoms. The van der Waals surface area contributed by atoms with Gasteiger partial charge in [-0.15, -0.1) is 0 Å². The van der Waals surface area contributed by atoms with Crippen molar-refractivity contribution in [1.82, 2.24) is 5.32 Å². The lowest BCUT2D eigenvalue weighted by atomic mass is 10.2. The van der Waals surface area contributed by atoms with E-state index in [2.05, 4.69) is 10.1 Å². The molecular formula is C8H16NO3P. The third-order valence-electron chi connectivity index (χ3n) is 2.47. The zero-order valence-electron chi connectivity index (χ0n) is 8.24. The molecule has 5 heteroatoms. The fourth-order valence-corrected chi connectivity index (χ4v) is 2.78. The summed E-state index contributed by atoms with van der Waals surface area (Å²) in [4.78, 5) is 11.1. The lowest BCUT2D eigenvalue weighted by Crippen LogP contribution is -2.31. The highest BCUT2D eigenvalue weighted by Crippen LogP contribution is 2.46. The predicted octanol–water partition coefficient (Wildman–Crippen LogP) is 0.513. The number of nitrogens with one attached hydrogen (secondary N) is 1. The monoisotopic (exact) mass is 205 g/mol. The van der Waals surface area contributed by atoms with Gasteiger partial charge in [-0.3, -0.25) is 4.79 Å². The van der Waals surface area contributed by atoms with Crippen LogP contribution in [0.3, 0.4) is 0 Å². The van der Waals surface area contributed by atoms with Crippen LogP contribution in [-0.2, 0) is 14.1 Å². The Balaban J connectivity index is 2.55. The van der Waals surface area contributed by atoms with Crippen molar-refractivity contribution in [3.05, 3.63) is 0 Å². The molecule has 2 atom stereocenters. The maximum Gasteiger partial charge on any atom is 0.322 e. The highest BCUT2D eigenvalue weighted by molar-refractivity contribution is 7.63. The molecule has 0 amide bonds. The Hall–Kier alpha value is -0.340. The van der Waals surface area contributed by atoms with Crippen molar-refractivity contribution in [3.63, 3.8) is 0 Å². The number of hydrogen-bond acceptors (Lipinski definition) is 4. The summed E-state index contributed by atoms with van der Waals surface area (Å²) in [6.07, 6.45) is 0.636. The number of ether oxygens (including phenoxy) is 1. The van der Waals surface area contributed by atoms with Crippen LogP contribution in [0.1, 0.15) is 6.42 Å². The molecule has 1 aliphatic rings. The Bertz CT molecular complexity index is 248. The molecular weight excluding hydrogens is 189 g/mol. The summed E-state index contributed by atoms with van der Waals surface area (Å²) >= 11 is 0. The number of rotatable bonds is 2. The van der Waals surface area contributed by atoms with E-state index < -0.39 is 7.14 Å². The first-order valence-electron chi connectivity index (χ1n) is 4.31. The van der Waals surface area contributed by atoms with E-state index in [9.17, 15) is 9.36 Å². The van der Waals surface area contributed by atoms with Crippen LogP contribution in [0.2, 0.25) is 0 Å². The van der Waals surface area contributed by atoms with E-state index in [0.29, 0.717) is 13.0 Å². The van der Waals surface area contributed by atoms with Gasteiger partial charge in [-0.1, -0.05) is 0 Å². The summed E-state index contributed by atoms with van der Waals surface area (Å²) in [5, 5.41) is 3.02. The van der Waals surface area contributed by atoms with Crippen molar-refractivity contribution in [2.75, 3.05) is 27.0 Å². The molecule has 13 heavy (non-hydrogen) atoms. The van der Waals surface area contributed by atoms with Gasteiger partial charge in [0.05, 0.1) is 14.3 Å². The number of carbonyl (C=O) groups excluding carboxylic acids is 1. The van der Waals surface area contributed by atoms with Crippen LogP contribution in [0.4, 0.5) is 0 Å². The van der Waals surface area contributed by atoms with Crippen LogP contribution in [-0.4, -0.2) is 44.7 Å². The SMILES string of the molecule is COC(=O)[C@@H]1C[C@H](P(C)(C)=O)CN1. The van der Waals surface area contributed by atoms with Gasteiger partial charge in [0.15, 0.2) is 0 Å². The van der Waals surface area contributed by atoms with Gasteiger partial charge in [0, 0.05) is 12.2 Å². The van der Waals surface area contributed by atoms with E-state index in [1.807, 2.05) is 0 Å². The molecule has 0 unspecified atom stereocenters. The summed E-state index contributed by atoms with van der Waals surface area (Å²) in [7, 11) is -0.701. The zero-order chi connectivity index (χ0) is 10.1. The Morgan fingerprint density at radius 3 is 2.54 bits per heavy atom. The molecule has 1 saturated heterocycles. The number of esters is 1. The summed E-state index contributed by atoms with van der Waals surface area (Å²) in [5.41, 5.74) is 0.122. The predicted molar refractivity (Wildman–Crippen MR) is 51.7 cm³/mol. The van der Waals surface area contributed by atoms with Crippen molar-refractivity contribution in [2.24, 2.45) is 0 Å². The first-order valence-corrected chi connectivity index (χ1v) is 6.98. The highest BCUT2D eigenvalue weighted by Gasteiger charge is 2.35. The molecule has 1 fully saturated rings. The van der Waals surface area contributed by atoms with Crippen LogP contribution in [0.5, 0.6) is 0 Å². The van der Waals surface area contributed by atoms with E-state index >= 15 is 0 Å². The number of hydrogen-bond donors (Lipinski definition) is 1. The molecule has 1 aliphatic heterocycles. The van der Waals surface area contributed by atoms with Crippen LogP contribution in [0.15, 0.2) is 0 Å². The Kier molecular flexibility index (Phi) is 3.14. The molecule has 1 N–H and O–H groups in total. The zero-order valence-corrected chi connectivity index (χ0v) is 9.14. The average Bonchev–Trinajstić information content (AvgIpc) is 2.50. The van der Waals surface area contributed by atoms with Gasteiger partial charge in [-0.2, -0.15) is 0 Å². The van der Waals surface area contributed by atoms with Crippen LogP contribution in [0, 0.1) is 0 Å². The molecule has 0 aliphatic carbocycles. The maximum atomic E-state index is 11.7. The lowest BCUT2D eigenvalue weighted by Gasteiger charge is -2.13. The molecule has 76 valence electrons. The third-order valence-corrected chi connectivity index (χ3v) is 4.62. The van der Waals surface area contributed by atoms with Crippen molar-refractivity contribution in [2.45, 2.75) is 18.1 Å². The molecule has 0 aromatic rings. The lowest BCUT2D eigenvalue weighted by molar-refractivity contribution is -0.142. The Morgan fingerprint density at radius 2 is 2.15 bits per heavy atom. The quantitative estimate of drug-likeness (QED) is 0.527. The van der Waals surface area contributed by atoms with E-state index in [0.717, 1.165) is 0 Å². The number of carbonyl (C=O) groups is 1. The summed E-state index contributed by atoms with van der Waals surface area (Å²) in [6, 6.07) is -0.261. The minimum absolute atomic E-state index is 0.122. The minimum Gasteiger partial charge on any atom is -0.468 e. The average molecular weight is 205 g/mol. The first-order chi connectivity index (χ1) is 5.95. The smallest absolute Gasteiger partial charge is 0.322 e. The second-order valence-electron chi connectivity index (χ2n) is 3.81. The Labute approximate surface area is 78.4 Å². The molecule has 0 aromatic carbocycles. The molecule has 0 radical (unpaired) electrons. The standard InChI is InChI=1S/C8H16NO3P/c1-12-8(10)7-4-6(5-9-7)13(2,3)11/h6-7,9H,4-5H2,1-3H3/t6-,7-/m0/s1. The van der Waals surface area contributed by atoms with Crippen molar-refractivity contribution in [1.29, 1.82) is 0 Å². The summed E-state index contributed by atoms with van der Waals surface area (Å²) in [6.45, 7) is 4.18. The van der Waals surface area contributed by atoms with Gasteiger partial charge in [-0.25, -0.2) is 0 Å². The molecule has 1 rings (SSSR count). The van der Waals surface area contributed by atoms with Gasteiger partial charge in [0.1, 0.15) is 6.04 Å². The van der Waals surface area contributed by atoms with Crippen LogP contribution in [0.25, 0.3) is 0 Å². The van der Waals surface area contributed by atoms with Crippen molar-refractivity contribution in [3.8, 4) is 0 Å². The Morgan fingerprint density at radius 1 is 1.54 bits per heavy atom.